The second-order valence-electron chi connectivity index (χ2n) is 5.11. The number of esters is 1. The molecule has 0 aromatic carbocycles. The molecule has 8 heteroatoms. The van der Waals surface area contributed by atoms with E-state index in [9.17, 15) is 13.2 Å². The number of sulfonamides is 1. The molecule has 0 bridgehead atoms. The second kappa shape index (κ2) is 5.15. The molecule has 6 nitrogen and oxygen atoms in total. The molecule has 0 aliphatic carbocycles. The largest absolute Gasteiger partial charge is 0.464 e. The highest BCUT2D eigenvalue weighted by Crippen LogP contribution is 2.28. The van der Waals surface area contributed by atoms with Crippen molar-refractivity contribution in [3.05, 3.63) is 16.9 Å². The Kier molecular flexibility index (Phi) is 4.33. The van der Waals surface area contributed by atoms with E-state index < -0.39 is 21.5 Å². The maximum absolute atomic E-state index is 12.2. The van der Waals surface area contributed by atoms with Gasteiger partial charge < -0.3 is 9.30 Å². The average molecular weight is 309 g/mol. The minimum absolute atomic E-state index is 0.00143. The summed E-state index contributed by atoms with van der Waals surface area (Å²) in [6.07, 6.45) is 1.28. The van der Waals surface area contributed by atoms with Gasteiger partial charge in [0.15, 0.2) is 0 Å². The van der Waals surface area contributed by atoms with Gasteiger partial charge in [0.05, 0.1) is 12.1 Å². The van der Waals surface area contributed by atoms with Crippen LogP contribution in [-0.2, 0) is 21.8 Å². The topological polar surface area (TPSA) is 77.4 Å². The third kappa shape index (κ3) is 3.49. The summed E-state index contributed by atoms with van der Waals surface area (Å²) in [6.45, 7) is 5.13. The number of carbonyl (C=O) groups excluding carboxylic acids is 1. The van der Waals surface area contributed by atoms with Gasteiger partial charge in [-0.1, -0.05) is 11.6 Å². The number of halogens is 1. The normalized spacial score (nSPS) is 12.5. The molecular weight excluding hydrogens is 292 g/mol. The fourth-order valence-electron chi connectivity index (χ4n) is 1.54. The van der Waals surface area contributed by atoms with Gasteiger partial charge in [-0.25, -0.2) is 17.9 Å². The van der Waals surface area contributed by atoms with Crippen molar-refractivity contribution in [1.82, 2.24) is 9.29 Å². The lowest BCUT2D eigenvalue weighted by Gasteiger charge is -2.19. The van der Waals surface area contributed by atoms with Crippen LogP contribution in [0.15, 0.2) is 11.1 Å². The smallest absolute Gasteiger partial charge is 0.356 e. The molecule has 1 aromatic rings. The highest BCUT2D eigenvalue weighted by atomic mass is 35.5. The number of aromatic nitrogens is 1. The summed E-state index contributed by atoms with van der Waals surface area (Å²) in [4.78, 5) is 11.4. The number of methoxy groups -OCH3 is 1. The van der Waals surface area contributed by atoms with Crippen molar-refractivity contribution in [1.29, 1.82) is 0 Å². The van der Waals surface area contributed by atoms with E-state index in [1.54, 1.807) is 20.8 Å². The molecule has 0 atom stereocenters. The van der Waals surface area contributed by atoms with Crippen LogP contribution in [-0.4, -0.2) is 31.6 Å². The standard InChI is InChI=1S/C11H17ClN2O4S/c1-11(2,3)13-19(16,17)7-6-14(4)9(8(7)12)10(15)18-5/h6,13H,1-5H3. The molecule has 0 saturated carbocycles. The van der Waals surface area contributed by atoms with Crippen LogP contribution in [0.3, 0.4) is 0 Å². The van der Waals surface area contributed by atoms with Gasteiger partial charge in [0, 0.05) is 18.8 Å². The molecule has 0 saturated heterocycles. The van der Waals surface area contributed by atoms with Crippen LogP contribution >= 0.6 is 11.6 Å². The Bertz CT molecular complexity index is 599. The summed E-state index contributed by atoms with van der Waals surface area (Å²) < 4.78 is 32.7. The number of aryl methyl sites for hydroxylation is 1. The summed E-state index contributed by atoms with van der Waals surface area (Å²) in [6, 6.07) is 0. The van der Waals surface area contributed by atoms with Crippen LogP contribution in [0.1, 0.15) is 31.3 Å². The van der Waals surface area contributed by atoms with E-state index in [1.807, 2.05) is 0 Å². The Morgan fingerprint density at radius 3 is 2.37 bits per heavy atom. The molecule has 19 heavy (non-hydrogen) atoms. The molecule has 0 spiro atoms. The number of ether oxygens (including phenoxy) is 1. The summed E-state index contributed by atoms with van der Waals surface area (Å²) in [5, 5.41) is -0.147. The zero-order chi connectivity index (χ0) is 15.0. The van der Waals surface area contributed by atoms with Gasteiger partial charge in [0.1, 0.15) is 10.6 Å². The van der Waals surface area contributed by atoms with Crippen LogP contribution in [0.4, 0.5) is 0 Å². The predicted octanol–water partition coefficient (Wildman–Crippen LogP) is 1.54. The van der Waals surface area contributed by atoms with Gasteiger partial charge in [0.2, 0.25) is 10.0 Å². The number of rotatable bonds is 3. The number of hydrogen-bond acceptors (Lipinski definition) is 4. The fraction of sp³-hybridized carbons (Fsp3) is 0.545. The van der Waals surface area contributed by atoms with Crippen LogP contribution in [0, 0.1) is 0 Å². The van der Waals surface area contributed by atoms with Crippen molar-refractivity contribution in [2.75, 3.05) is 7.11 Å². The van der Waals surface area contributed by atoms with Crippen molar-refractivity contribution < 1.29 is 17.9 Å². The molecule has 0 unspecified atom stereocenters. The summed E-state index contributed by atoms with van der Waals surface area (Å²) in [5.74, 6) is -0.690. The first-order valence-electron chi connectivity index (χ1n) is 5.46. The van der Waals surface area contributed by atoms with Crippen molar-refractivity contribution in [2.24, 2.45) is 7.05 Å². The van der Waals surface area contributed by atoms with Gasteiger partial charge in [-0.3, -0.25) is 0 Å². The van der Waals surface area contributed by atoms with E-state index >= 15 is 0 Å². The van der Waals surface area contributed by atoms with Crippen molar-refractivity contribution in [2.45, 2.75) is 31.2 Å². The van der Waals surface area contributed by atoms with E-state index in [-0.39, 0.29) is 15.6 Å². The van der Waals surface area contributed by atoms with Crippen molar-refractivity contribution in [3.63, 3.8) is 0 Å². The van der Waals surface area contributed by atoms with Crippen LogP contribution < -0.4 is 4.72 Å². The molecule has 0 fully saturated rings. The number of nitrogens with zero attached hydrogens (tertiary/aromatic N) is 1. The van der Waals surface area contributed by atoms with Gasteiger partial charge in [-0.15, -0.1) is 0 Å². The Morgan fingerprint density at radius 1 is 1.42 bits per heavy atom. The zero-order valence-electron chi connectivity index (χ0n) is 11.4. The molecule has 0 aliphatic heterocycles. The summed E-state index contributed by atoms with van der Waals surface area (Å²) in [7, 11) is -1.08. The minimum Gasteiger partial charge on any atom is -0.464 e. The molecule has 1 aromatic heterocycles. The Balaban J connectivity index is 3.35. The first kappa shape index (κ1) is 16.0. The van der Waals surface area contributed by atoms with Crippen molar-refractivity contribution in [3.8, 4) is 0 Å². The van der Waals surface area contributed by atoms with Crippen LogP contribution in [0.25, 0.3) is 0 Å². The SMILES string of the molecule is COC(=O)c1c(Cl)c(S(=O)(=O)NC(C)(C)C)cn1C. The van der Waals surface area contributed by atoms with E-state index in [0.717, 1.165) is 0 Å². The predicted molar refractivity (Wildman–Crippen MR) is 71.8 cm³/mol. The molecule has 0 aliphatic rings. The van der Waals surface area contributed by atoms with Gasteiger partial charge in [-0.05, 0) is 20.8 Å². The lowest BCUT2D eigenvalue weighted by Crippen LogP contribution is -2.40. The lowest BCUT2D eigenvalue weighted by atomic mass is 10.1. The lowest BCUT2D eigenvalue weighted by molar-refractivity contribution is 0.0590. The quantitative estimate of drug-likeness (QED) is 0.859. The second-order valence-corrected chi connectivity index (χ2v) is 7.14. The van der Waals surface area contributed by atoms with Crippen molar-refractivity contribution >= 4 is 27.6 Å². The van der Waals surface area contributed by atoms with E-state index in [1.165, 1.54) is 24.9 Å². The molecule has 0 amide bonds. The monoisotopic (exact) mass is 308 g/mol. The Morgan fingerprint density at radius 2 is 1.95 bits per heavy atom. The summed E-state index contributed by atoms with van der Waals surface area (Å²) >= 11 is 5.98. The van der Waals surface area contributed by atoms with E-state index in [0.29, 0.717) is 0 Å². The summed E-state index contributed by atoms with van der Waals surface area (Å²) in [5.41, 5.74) is -0.651. The highest BCUT2D eigenvalue weighted by molar-refractivity contribution is 7.89. The molecule has 108 valence electrons. The van der Waals surface area contributed by atoms with Gasteiger partial charge in [0.25, 0.3) is 0 Å². The first-order valence-corrected chi connectivity index (χ1v) is 7.33. The van der Waals surface area contributed by atoms with Gasteiger partial charge >= 0.3 is 5.97 Å². The maximum atomic E-state index is 12.2. The molecule has 1 heterocycles. The number of nitrogens with one attached hydrogen (secondary N) is 1. The Hall–Kier alpha value is -1.05. The first-order chi connectivity index (χ1) is 8.49. The highest BCUT2D eigenvalue weighted by Gasteiger charge is 2.30. The third-order valence-electron chi connectivity index (χ3n) is 2.20. The Labute approximate surface area is 117 Å². The molecule has 0 radical (unpaired) electrons. The third-order valence-corrected chi connectivity index (χ3v) is 4.46. The van der Waals surface area contributed by atoms with Crippen LogP contribution in [0.5, 0.6) is 0 Å². The fourth-order valence-corrected chi connectivity index (χ4v) is 3.65. The molecule has 1 rings (SSSR count). The molecular formula is C11H17ClN2O4S. The number of carbonyl (C=O) groups is 1. The minimum atomic E-state index is -3.80. The molecule has 1 N–H and O–H groups in total. The zero-order valence-corrected chi connectivity index (χ0v) is 13.0. The number of hydrogen-bond donors (Lipinski definition) is 1. The van der Waals surface area contributed by atoms with Crippen LogP contribution in [0.2, 0.25) is 5.02 Å². The average Bonchev–Trinajstić information content (AvgIpc) is 2.50. The van der Waals surface area contributed by atoms with E-state index in [2.05, 4.69) is 9.46 Å². The maximum Gasteiger partial charge on any atom is 0.356 e. The van der Waals surface area contributed by atoms with Gasteiger partial charge in [-0.2, -0.15) is 0 Å². The van der Waals surface area contributed by atoms with E-state index in [4.69, 9.17) is 11.6 Å².